The number of unbranched alkanes of at least 4 members (excludes halogenated alkanes) is 16. The van der Waals surface area contributed by atoms with Gasteiger partial charge in [0.15, 0.2) is 0 Å². The van der Waals surface area contributed by atoms with E-state index in [2.05, 4.69) is 48.7 Å². The monoisotopic (exact) mass is 572 g/mol. The predicted molar refractivity (Wildman–Crippen MR) is 182 cm³/mol. The maximum atomic E-state index is 13.1. The molecule has 3 aromatic carbocycles. The molecule has 0 aliphatic heterocycles. The fourth-order valence-corrected chi connectivity index (χ4v) is 5.86. The number of rotatable bonds is 22. The second kappa shape index (κ2) is 20.1. The molecule has 0 aromatic heterocycles. The number of fused-ring (bicyclic) bond motifs is 2. The summed E-state index contributed by atoms with van der Waals surface area (Å²) in [7, 11) is 0. The molecule has 42 heavy (non-hydrogen) atoms. The van der Waals surface area contributed by atoms with Crippen LogP contribution >= 0.6 is 0 Å². The third kappa shape index (κ3) is 12.2. The van der Waals surface area contributed by atoms with Crippen LogP contribution < -0.4 is 10.6 Å². The van der Waals surface area contributed by atoms with Crippen LogP contribution in [0, 0.1) is 0 Å². The van der Waals surface area contributed by atoms with Gasteiger partial charge in [-0.3, -0.25) is 9.59 Å². The lowest BCUT2D eigenvalue weighted by Crippen LogP contribution is -2.16. The largest absolute Gasteiger partial charge is 0.324 e. The van der Waals surface area contributed by atoms with Gasteiger partial charge in [-0.1, -0.05) is 147 Å². The van der Waals surface area contributed by atoms with E-state index >= 15 is 0 Å². The number of carbonyl (C=O) groups is 2. The van der Waals surface area contributed by atoms with Crippen molar-refractivity contribution in [2.45, 2.75) is 142 Å². The minimum absolute atomic E-state index is 0.0209. The molecule has 0 spiro atoms. The lowest BCUT2D eigenvalue weighted by Gasteiger charge is -2.16. The zero-order chi connectivity index (χ0) is 29.8. The first-order chi connectivity index (χ1) is 20.6. The smallest absolute Gasteiger partial charge is 0.224 e. The molecule has 0 fully saturated rings. The van der Waals surface area contributed by atoms with Crippen molar-refractivity contribution >= 4 is 44.7 Å². The number of amides is 2. The van der Waals surface area contributed by atoms with E-state index in [1.54, 1.807) is 0 Å². The van der Waals surface area contributed by atoms with E-state index in [1.807, 2.05) is 24.3 Å². The molecule has 3 rings (SSSR count). The van der Waals surface area contributed by atoms with Crippen LogP contribution in [0.15, 0.2) is 48.5 Å². The van der Waals surface area contributed by atoms with Crippen molar-refractivity contribution in [3.05, 3.63) is 48.5 Å². The highest BCUT2D eigenvalue weighted by Gasteiger charge is 2.14. The van der Waals surface area contributed by atoms with Gasteiger partial charge < -0.3 is 10.6 Å². The van der Waals surface area contributed by atoms with Crippen LogP contribution in [0.5, 0.6) is 0 Å². The molecule has 0 unspecified atom stereocenters. The van der Waals surface area contributed by atoms with Crippen LogP contribution in [-0.2, 0) is 9.59 Å². The SMILES string of the molecule is CCCCCCCCCCCC(=O)Nc1ccc2cc3ccccc3cc2c1NC(=O)CCCCCCCCCCC. The summed E-state index contributed by atoms with van der Waals surface area (Å²) < 4.78 is 0. The number of hydrogen-bond donors (Lipinski definition) is 2. The van der Waals surface area contributed by atoms with Gasteiger partial charge in [0.05, 0.1) is 11.4 Å². The molecular formula is C38H56N2O2. The maximum absolute atomic E-state index is 13.1. The van der Waals surface area contributed by atoms with E-state index in [-0.39, 0.29) is 11.8 Å². The number of hydrogen-bond acceptors (Lipinski definition) is 2. The second-order valence-corrected chi connectivity index (χ2v) is 12.2. The van der Waals surface area contributed by atoms with E-state index < -0.39 is 0 Å². The summed E-state index contributed by atoms with van der Waals surface area (Å²) >= 11 is 0. The van der Waals surface area contributed by atoms with E-state index in [0.717, 1.165) is 47.5 Å². The summed E-state index contributed by atoms with van der Waals surface area (Å²) in [6, 6.07) is 16.6. The molecule has 0 saturated carbocycles. The van der Waals surface area contributed by atoms with E-state index in [0.29, 0.717) is 18.5 Å². The first-order valence-corrected chi connectivity index (χ1v) is 17.2. The Morgan fingerprint density at radius 2 is 0.952 bits per heavy atom. The van der Waals surface area contributed by atoms with Crippen LogP contribution in [0.4, 0.5) is 11.4 Å². The Labute approximate surface area is 255 Å². The molecule has 0 aliphatic rings. The van der Waals surface area contributed by atoms with Crippen molar-refractivity contribution in [1.29, 1.82) is 0 Å². The van der Waals surface area contributed by atoms with Crippen molar-refractivity contribution in [3.8, 4) is 0 Å². The molecule has 3 aromatic rings. The highest BCUT2D eigenvalue weighted by Crippen LogP contribution is 2.35. The van der Waals surface area contributed by atoms with Gasteiger partial charge in [0.25, 0.3) is 0 Å². The minimum Gasteiger partial charge on any atom is -0.324 e. The molecule has 4 nitrogen and oxygen atoms in total. The summed E-state index contributed by atoms with van der Waals surface area (Å²) in [6.07, 6.45) is 23.1. The van der Waals surface area contributed by atoms with Gasteiger partial charge in [0, 0.05) is 18.2 Å². The van der Waals surface area contributed by atoms with Crippen LogP contribution in [0.2, 0.25) is 0 Å². The minimum atomic E-state index is 0.0209. The Morgan fingerprint density at radius 1 is 0.500 bits per heavy atom. The average molecular weight is 573 g/mol. The maximum Gasteiger partial charge on any atom is 0.224 e. The number of benzene rings is 3. The number of anilines is 2. The Hall–Kier alpha value is -2.88. The van der Waals surface area contributed by atoms with Crippen LogP contribution in [-0.4, -0.2) is 11.8 Å². The number of nitrogens with one attached hydrogen (secondary N) is 2. The molecule has 0 heterocycles. The third-order valence-corrected chi connectivity index (χ3v) is 8.44. The lowest BCUT2D eigenvalue weighted by atomic mass is 10.0. The van der Waals surface area contributed by atoms with Crippen molar-refractivity contribution in [2.75, 3.05) is 10.6 Å². The van der Waals surface area contributed by atoms with Gasteiger partial charge >= 0.3 is 0 Å². The summed E-state index contributed by atoms with van der Waals surface area (Å²) in [6.45, 7) is 4.50. The fourth-order valence-electron chi connectivity index (χ4n) is 5.86. The quantitative estimate of drug-likeness (QED) is 0.0929. The molecule has 230 valence electrons. The Bertz CT molecular complexity index is 1220. The van der Waals surface area contributed by atoms with Crippen molar-refractivity contribution in [1.82, 2.24) is 0 Å². The molecule has 0 aliphatic carbocycles. The topological polar surface area (TPSA) is 58.2 Å². The Morgan fingerprint density at radius 3 is 1.48 bits per heavy atom. The van der Waals surface area contributed by atoms with Gasteiger partial charge in [-0.05, 0) is 47.2 Å². The van der Waals surface area contributed by atoms with Crippen molar-refractivity contribution < 1.29 is 9.59 Å². The highest BCUT2D eigenvalue weighted by atomic mass is 16.2. The summed E-state index contributed by atoms with van der Waals surface area (Å²) in [5.41, 5.74) is 1.42. The molecule has 0 bridgehead atoms. The molecule has 2 N–H and O–H groups in total. The molecule has 0 atom stereocenters. The van der Waals surface area contributed by atoms with E-state index in [1.165, 1.54) is 95.3 Å². The first-order valence-electron chi connectivity index (χ1n) is 17.2. The van der Waals surface area contributed by atoms with Gasteiger partial charge in [-0.25, -0.2) is 0 Å². The fraction of sp³-hybridized carbons (Fsp3) is 0.579. The number of carbonyl (C=O) groups excluding carboxylic acids is 2. The summed E-state index contributed by atoms with van der Waals surface area (Å²) in [5, 5.41) is 10.6. The van der Waals surface area contributed by atoms with Gasteiger partial charge in [0.2, 0.25) is 11.8 Å². The highest BCUT2D eigenvalue weighted by molar-refractivity contribution is 6.13. The Kier molecular flexibility index (Phi) is 16.1. The molecule has 0 saturated heterocycles. The third-order valence-electron chi connectivity index (χ3n) is 8.44. The first kappa shape index (κ1) is 33.6. The van der Waals surface area contributed by atoms with Crippen LogP contribution in [0.1, 0.15) is 142 Å². The van der Waals surface area contributed by atoms with Crippen molar-refractivity contribution in [2.24, 2.45) is 0 Å². The summed E-state index contributed by atoms with van der Waals surface area (Å²) in [4.78, 5) is 26.0. The van der Waals surface area contributed by atoms with Gasteiger partial charge in [-0.15, -0.1) is 0 Å². The zero-order valence-corrected chi connectivity index (χ0v) is 26.6. The van der Waals surface area contributed by atoms with Crippen molar-refractivity contribution in [3.63, 3.8) is 0 Å². The Balaban J connectivity index is 1.56. The molecule has 2 amide bonds. The predicted octanol–water partition coefficient (Wildman–Crippen LogP) is 11.7. The molecular weight excluding hydrogens is 516 g/mol. The van der Waals surface area contributed by atoms with Crippen LogP contribution in [0.25, 0.3) is 21.5 Å². The van der Waals surface area contributed by atoms with E-state index in [9.17, 15) is 9.59 Å². The lowest BCUT2D eigenvalue weighted by molar-refractivity contribution is -0.117. The van der Waals surface area contributed by atoms with E-state index in [4.69, 9.17) is 0 Å². The van der Waals surface area contributed by atoms with Crippen LogP contribution in [0.3, 0.4) is 0 Å². The average Bonchev–Trinajstić information content (AvgIpc) is 2.99. The van der Waals surface area contributed by atoms with Gasteiger partial charge in [0.1, 0.15) is 0 Å². The standard InChI is InChI=1S/C38H56N2O2/c1-3-5-7-9-11-13-15-17-19-25-36(41)39-35-28-27-33-29-31-23-21-22-24-32(31)30-34(33)38(35)40-37(42)26-20-18-16-14-12-10-8-6-4-2/h21-24,27-30H,3-20,25-26H2,1-2H3,(H,39,41)(H,40,42). The normalized spacial score (nSPS) is 11.3. The molecule has 4 heteroatoms. The van der Waals surface area contributed by atoms with Gasteiger partial charge in [-0.2, -0.15) is 0 Å². The molecule has 0 radical (unpaired) electrons. The second-order valence-electron chi connectivity index (χ2n) is 12.2. The zero-order valence-electron chi connectivity index (χ0n) is 26.6. The summed E-state index contributed by atoms with van der Waals surface area (Å²) in [5.74, 6) is 0.0422.